The Morgan fingerprint density at radius 3 is 2.58 bits per heavy atom. The number of carbonyl (C=O) groups excluding carboxylic acids is 1. The van der Waals surface area contributed by atoms with Crippen LogP contribution >= 0.6 is 11.3 Å². The van der Waals surface area contributed by atoms with Gasteiger partial charge in [0.25, 0.3) is 5.56 Å². The van der Waals surface area contributed by atoms with Crippen molar-refractivity contribution in [1.82, 2.24) is 4.57 Å². The van der Waals surface area contributed by atoms with E-state index in [4.69, 9.17) is 0 Å². The lowest BCUT2D eigenvalue weighted by Gasteiger charge is -2.09. The van der Waals surface area contributed by atoms with E-state index in [-0.39, 0.29) is 0 Å². The highest BCUT2D eigenvalue weighted by Crippen LogP contribution is 2.28. The van der Waals surface area contributed by atoms with Gasteiger partial charge in [-0.1, -0.05) is 6.07 Å². The van der Waals surface area contributed by atoms with Gasteiger partial charge in [-0.15, -0.1) is 11.3 Å². The second kappa shape index (κ2) is 5.00. The number of halogens is 3. The summed E-state index contributed by atoms with van der Waals surface area (Å²) in [5, 5.41) is 1.68. The molecular formula is C12H8F3NO2S. The van der Waals surface area contributed by atoms with Crippen LogP contribution in [-0.2, 0) is 12.7 Å². The van der Waals surface area contributed by atoms with Crippen molar-refractivity contribution in [1.29, 1.82) is 0 Å². The van der Waals surface area contributed by atoms with Crippen molar-refractivity contribution in [2.24, 2.45) is 0 Å². The minimum absolute atomic E-state index is 0.392. The van der Waals surface area contributed by atoms with Crippen molar-refractivity contribution in [2.75, 3.05) is 0 Å². The Balaban J connectivity index is 2.30. The second-order valence-corrected chi connectivity index (χ2v) is 4.73. The lowest BCUT2D eigenvalue weighted by Crippen LogP contribution is -2.24. The summed E-state index contributed by atoms with van der Waals surface area (Å²) in [6.07, 6.45) is -3.88. The largest absolute Gasteiger partial charge is 0.417 e. The molecule has 100 valence electrons. The zero-order chi connectivity index (χ0) is 14.0. The van der Waals surface area contributed by atoms with Crippen molar-refractivity contribution in [3.05, 3.63) is 56.6 Å². The number of Topliss-reactive ketones (excluding diaryl/α,β-unsaturated/α-hetero) is 1. The maximum absolute atomic E-state index is 12.5. The van der Waals surface area contributed by atoms with Crippen LogP contribution in [0.15, 0.2) is 40.6 Å². The molecule has 0 unspecified atom stereocenters. The van der Waals surface area contributed by atoms with Crippen LogP contribution in [0, 0.1) is 0 Å². The molecule has 0 aliphatic rings. The molecule has 3 nitrogen and oxygen atoms in total. The quantitative estimate of drug-likeness (QED) is 0.814. The molecule has 0 amide bonds. The molecule has 0 radical (unpaired) electrons. The van der Waals surface area contributed by atoms with E-state index in [1.807, 2.05) is 0 Å². The second-order valence-electron chi connectivity index (χ2n) is 3.78. The van der Waals surface area contributed by atoms with E-state index in [2.05, 4.69) is 0 Å². The van der Waals surface area contributed by atoms with Gasteiger partial charge in [-0.05, 0) is 17.5 Å². The van der Waals surface area contributed by atoms with Gasteiger partial charge in [-0.25, -0.2) is 0 Å². The fourth-order valence-corrected chi connectivity index (χ4v) is 2.15. The summed E-state index contributed by atoms with van der Waals surface area (Å²) in [5.41, 5.74) is -1.59. The van der Waals surface area contributed by atoms with Gasteiger partial charge < -0.3 is 4.57 Å². The molecular weight excluding hydrogens is 279 g/mol. The standard InChI is InChI=1S/C12H8F3NO2S/c13-12(14,15)8-3-4-11(18)16(6-8)7-9(17)10-2-1-5-19-10/h1-6H,7H2. The predicted octanol–water partition coefficient (Wildman–Crippen LogP) is 2.81. The normalized spacial score (nSPS) is 11.5. The third-order valence-electron chi connectivity index (χ3n) is 2.42. The molecule has 2 rings (SSSR count). The zero-order valence-electron chi connectivity index (χ0n) is 9.48. The van der Waals surface area contributed by atoms with E-state index >= 15 is 0 Å². The molecule has 7 heteroatoms. The third-order valence-corrected chi connectivity index (χ3v) is 3.33. The monoisotopic (exact) mass is 287 g/mol. The topological polar surface area (TPSA) is 39.1 Å². The first-order valence-electron chi connectivity index (χ1n) is 5.22. The highest BCUT2D eigenvalue weighted by atomic mass is 32.1. The first-order valence-corrected chi connectivity index (χ1v) is 6.10. The molecule has 0 saturated heterocycles. The van der Waals surface area contributed by atoms with Crippen LogP contribution < -0.4 is 5.56 Å². The van der Waals surface area contributed by atoms with Crippen LogP contribution in [0.25, 0.3) is 0 Å². The number of rotatable bonds is 3. The van der Waals surface area contributed by atoms with Gasteiger partial charge in [0.05, 0.1) is 17.0 Å². The average molecular weight is 287 g/mol. The van der Waals surface area contributed by atoms with E-state index in [1.165, 1.54) is 11.3 Å². The van der Waals surface area contributed by atoms with Crippen LogP contribution in [0.4, 0.5) is 13.2 Å². The Kier molecular flexibility index (Phi) is 3.57. The summed E-state index contributed by atoms with van der Waals surface area (Å²) >= 11 is 1.18. The molecule has 2 heterocycles. The average Bonchev–Trinajstić information content (AvgIpc) is 2.84. The SMILES string of the molecule is O=C(Cn1cc(C(F)(F)F)ccc1=O)c1cccs1. The number of hydrogen-bond acceptors (Lipinski definition) is 3. The highest BCUT2D eigenvalue weighted by molar-refractivity contribution is 7.12. The van der Waals surface area contributed by atoms with E-state index in [0.29, 0.717) is 17.1 Å². The Bertz CT molecular complexity index is 644. The summed E-state index contributed by atoms with van der Waals surface area (Å²) in [5.74, 6) is -0.392. The van der Waals surface area contributed by atoms with E-state index in [9.17, 15) is 22.8 Å². The van der Waals surface area contributed by atoms with Crippen LogP contribution in [0.3, 0.4) is 0 Å². The van der Waals surface area contributed by atoms with E-state index in [0.717, 1.165) is 10.6 Å². The number of carbonyl (C=O) groups is 1. The molecule has 0 bridgehead atoms. The molecule has 0 fully saturated rings. The predicted molar refractivity (Wildman–Crippen MR) is 64.4 cm³/mol. The minimum atomic E-state index is -4.54. The van der Waals surface area contributed by atoms with Gasteiger partial charge >= 0.3 is 6.18 Å². The van der Waals surface area contributed by atoms with E-state index < -0.39 is 29.6 Å². The number of nitrogens with zero attached hydrogens (tertiary/aromatic N) is 1. The van der Waals surface area contributed by atoms with Gasteiger partial charge in [0, 0.05) is 12.3 Å². The van der Waals surface area contributed by atoms with Crippen molar-refractivity contribution in [3.63, 3.8) is 0 Å². The first-order chi connectivity index (χ1) is 8.88. The number of hydrogen-bond donors (Lipinski definition) is 0. The highest BCUT2D eigenvalue weighted by Gasteiger charge is 2.31. The maximum atomic E-state index is 12.5. The number of ketones is 1. The van der Waals surface area contributed by atoms with Crippen molar-refractivity contribution in [3.8, 4) is 0 Å². The molecule has 0 aliphatic heterocycles. The summed E-state index contributed by atoms with van der Waals surface area (Å²) in [6, 6.07) is 4.73. The van der Waals surface area contributed by atoms with Gasteiger partial charge in [0.1, 0.15) is 0 Å². The fourth-order valence-electron chi connectivity index (χ4n) is 1.49. The Morgan fingerprint density at radius 1 is 1.26 bits per heavy atom. The molecule has 0 N–H and O–H groups in total. The minimum Gasteiger partial charge on any atom is -0.307 e. The van der Waals surface area contributed by atoms with Crippen molar-refractivity contribution < 1.29 is 18.0 Å². The van der Waals surface area contributed by atoms with Gasteiger partial charge in [-0.3, -0.25) is 9.59 Å². The summed E-state index contributed by atoms with van der Waals surface area (Å²) in [4.78, 5) is 23.6. The Morgan fingerprint density at radius 2 is 2.00 bits per heavy atom. The fraction of sp³-hybridized carbons (Fsp3) is 0.167. The smallest absolute Gasteiger partial charge is 0.307 e. The van der Waals surface area contributed by atoms with Gasteiger partial charge in [-0.2, -0.15) is 13.2 Å². The van der Waals surface area contributed by atoms with Crippen molar-refractivity contribution >= 4 is 17.1 Å². The summed E-state index contributed by atoms with van der Waals surface area (Å²) < 4.78 is 38.3. The summed E-state index contributed by atoms with van der Waals surface area (Å²) in [7, 11) is 0. The molecule has 0 spiro atoms. The lowest BCUT2D eigenvalue weighted by molar-refractivity contribution is -0.138. The maximum Gasteiger partial charge on any atom is 0.417 e. The van der Waals surface area contributed by atoms with Gasteiger partial charge in [0.15, 0.2) is 5.78 Å². The number of alkyl halides is 3. The molecule has 0 aliphatic carbocycles. The number of aromatic nitrogens is 1. The molecule has 0 aromatic carbocycles. The van der Waals surface area contributed by atoms with Crippen LogP contribution in [0.1, 0.15) is 15.2 Å². The summed E-state index contributed by atoms with van der Waals surface area (Å²) in [6.45, 7) is -0.400. The van der Waals surface area contributed by atoms with Crippen LogP contribution in [-0.4, -0.2) is 10.4 Å². The first kappa shape index (κ1) is 13.5. The third kappa shape index (κ3) is 3.11. The Hall–Kier alpha value is -1.89. The molecule has 2 aromatic rings. The van der Waals surface area contributed by atoms with Crippen molar-refractivity contribution in [2.45, 2.75) is 12.7 Å². The lowest BCUT2D eigenvalue weighted by atomic mass is 10.2. The zero-order valence-corrected chi connectivity index (χ0v) is 10.3. The van der Waals surface area contributed by atoms with Gasteiger partial charge in [0.2, 0.25) is 0 Å². The molecule has 0 atom stereocenters. The molecule has 0 saturated carbocycles. The van der Waals surface area contributed by atoms with Crippen LogP contribution in [0.2, 0.25) is 0 Å². The van der Waals surface area contributed by atoms with E-state index in [1.54, 1.807) is 17.5 Å². The van der Waals surface area contributed by atoms with Crippen LogP contribution in [0.5, 0.6) is 0 Å². The Labute approximate surface area is 109 Å². The molecule has 2 aromatic heterocycles. The number of thiophene rings is 1. The molecule has 19 heavy (non-hydrogen) atoms. The number of pyridine rings is 1.